The van der Waals surface area contributed by atoms with Gasteiger partial charge in [0.1, 0.15) is 22.8 Å². The third-order valence-electron chi connectivity index (χ3n) is 8.09. The van der Waals surface area contributed by atoms with E-state index >= 15 is 0 Å². The molecule has 2 aromatic rings. The number of aliphatic hydroxyl groups is 3. The van der Waals surface area contributed by atoms with Gasteiger partial charge in [0.25, 0.3) is 5.91 Å². The van der Waals surface area contributed by atoms with E-state index in [1.807, 2.05) is 33.2 Å². The van der Waals surface area contributed by atoms with Crippen LogP contribution in [0.15, 0.2) is 47.2 Å². The Kier molecular flexibility index (Phi) is 5.96. The molecule has 0 aliphatic heterocycles. The van der Waals surface area contributed by atoms with Crippen LogP contribution in [0.2, 0.25) is 0 Å². The normalized spacial score (nSPS) is 24.9. The zero-order valence-corrected chi connectivity index (χ0v) is 21.4. The summed E-state index contributed by atoms with van der Waals surface area (Å²) < 4.78 is 0. The lowest BCUT2D eigenvalue weighted by molar-refractivity contribution is -0.147. The lowest BCUT2D eigenvalue weighted by Gasteiger charge is -2.46. The van der Waals surface area contributed by atoms with Gasteiger partial charge in [0, 0.05) is 24.5 Å². The van der Waals surface area contributed by atoms with Crippen molar-refractivity contribution in [2.45, 2.75) is 38.3 Å². The third-order valence-corrected chi connectivity index (χ3v) is 8.09. The molecule has 3 aliphatic rings. The van der Waals surface area contributed by atoms with Gasteiger partial charge in [-0.05, 0) is 79.7 Å². The highest BCUT2D eigenvalue weighted by atomic mass is 16.3. The van der Waals surface area contributed by atoms with E-state index in [1.54, 1.807) is 6.07 Å². The molecule has 3 atom stereocenters. The van der Waals surface area contributed by atoms with Crippen molar-refractivity contribution in [3.8, 4) is 16.9 Å². The third kappa shape index (κ3) is 3.65. The van der Waals surface area contributed by atoms with Crippen molar-refractivity contribution in [1.82, 2.24) is 4.90 Å². The van der Waals surface area contributed by atoms with E-state index in [4.69, 9.17) is 5.73 Å². The number of rotatable bonds is 4. The van der Waals surface area contributed by atoms with E-state index in [0.717, 1.165) is 28.8 Å². The van der Waals surface area contributed by atoms with Crippen LogP contribution in [0.1, 0.15) is 35.1 Å². The maximum absolute atomic E-state index is 13.7. The molecule has 0 saturated heterocycles. The number of nitrogens with zero attached hydrogens (tertiary/aromatic N) is 1. The first kappa shape index (κ1) is 25.7. The van der Waals surface area contributed by atoms with Crippen molar-refractivity contribution in [3.05, 3.63) is 69.5 Å². The molecule has 38 heavy (non-hydrogen) atoms. The number of carbonyl (C=O) groups excluding carboxylic acids is 3. The van der Waals surface area contributed by atoms with Gasteiger partial charge >= 0.3 is 0 Å². The van der Waals surface area contributed by atoms with E-state index in [1.165, 1.54) is 6.07 Å². The number of aryl methyl sites for hydroxylation is 1. The summed E-state index contributed by atoms with van der Waals surface area (Å²) in [5.74, 6) is -6.36. The average Bonchev–Trinajstić information content (AvgIpc) is 2.82. The first-order chi connectivity index (χ1) is 17.9. The van der Waals surface area contributed by atoms with Crippen molar-refractivity contribution in [2.24, 2.45) is 17.6 Å². The van der Waals surface area contributed by atoms with Crippen LogP contribution in [-0.2, 0) is 27.3 Å². The summed E-state index contributed by atoms with van der Waals surface area (Å²) in [6, 6.07) is 9.27. The zero-order chi connectivity index (χ0) is 27.7. The van der Waals surface area contributed by atoms with Gasteiger partial charge in [0.05, 0.1) is 5.56 Å². The largest absolute Gasteiger partial charge is 0.508 e. The first-order valence-electron chi connectivity index (χ1n) is 12.4. The Bertz CT molecular complexity index is 1490. The fourth-order valence-corrected chi connectivity index (χ4v) is 6.24. The van der Waals surface area contributed by atoms with Crippen LogP contribution in [0.4, 0.5) is 0 Å². The van der Waals surface area contributed by atoms with Gasteiger partial charge in [0.2, 0.25) is 5.78 Å². The topological polar surface area (TPSA) is 161 Å². The van der Waals surface area contributed by atoms with E-state index in [9.17, 15) is 34.8 Å². The minimum absolute atomic E-state index is 0.0874. The summed E-state index contributed by atoms with van der Waals surface area (Å²) >= 11 is 0. The van der Waals surface area contributed by atoms with Crippen molar-refractivity contribution in [3.63, 3.8) is 0 Å². The molecule has 0 spiro atoms. The van der Waals surface area contributed by atoms with Crippen molar-refractivity contribution < 1.29 is 34.8 Å². The first-order valence-corrected chi connectivity index (χ1v) is 12.4. The maximum Gasteiger partial charge on any atom is 0.255 e. The van der Waals surface area contributed by atoms with Crippen LogP contribution in [0, 0.1) is 18.8 Å². The molecule has 0 heterocycles. The Labute approximate surface area is 219 Å². The van der Waals surface area contributed by atoms with Gasteiger partial charge in [-0.3, -0.25) is 14.4 Å². The summed E-state index contributed by atoms with van der Waals surface area (Å²) in [4.78, 5) is 40.1. The second kappa shape index (κ2) is 8.82. The van der Waals surface area contributed by atoms with Crippen LogP contribution in [-0.4, -0.2) is 62.5 Å². The van der Waals surface area contributed by atoms with Crippen LogP contribution in [0.3, 0.4) is 0 Å². The molecule has 1 fully saturated rings. The fraction of sp³-hybridized carbons (Fsp3) is 0.345. The number of Topliss-reactive ketones (excluding diaryl/α,β-unsaturated/α-hetero) is 2. The Morgan fingerprint density at radius 3 is 2.47 bits per heavy atom. The predicted octanol–water partition coefficient (Wildman–Crippen LogP) is 2.46. The van der Waals surface area contributed by atoms with Gasteiger partial charge in [-0.25, -0.2) is 0 Å². The second-order valence-electron chi connectivity index (χ2n) is 10.8. The van der Waals surface area contributed by atoms with Crippen molar-refractivity contribution >= 4 is 23.2 Å². The number of nitrogens with two attached hydrogens (primary N) is 1. The molecule has 9 nitrogen and oxygen atoms in total. The van der Waals surface area contributed by atoms with Crippen LogP contribution >= 0.6 is 0 Å². The van der Waals surface area contributed by atoms with Crippen LogP contribution in [0.25, 0.3) is 16.9 Å². The predicted molar refractivity (Wildman–Crippen MR) is 139 cm³/mol. The number of phenols is 1. The van der Waals surface area contributed by atoms with Crippen molar-refractivity contribution in [1.29, 1.82) is 0 Å². The molecule has 0 bridgehead atoms. The summed E-state index contributed by atoms with van der Waals surface area (Å²) in [5.41, 5.74) is 6.38. The Hall–Kier alpha value is -3.95. The highest BCUT2D eigenvalue weighted by Gasteiger charge is 2.60. The zero-order valence-electron chi connectivity index (χ0n) is 21.4. The number of carbonyl (C=O) groups is 3. The van der Waals surface area contributed by atoms with Crippen LogP contribution < -0.4 is 5.73 Å². The number of aromatic hydroxyl groups is 1. The molecule has 1 saturated carbocycles. The molecule has 6 N–H and O–H groups in total. The van der Waals surface area contributed by atoms with Gasteiger partial charge in [-0.15, -0.1) is 0 Å². The van der Waals surface area contributed by atoms with Gasteiger partial charge < -0.3 is 31.1 Å². The van der Waals surface area contributed by atoms with Gasteiger partial charge in [0.15, 0.2) is 11.4 Å². The number of ketones is 2. The molecule has 5 rings (SSSR count). The van der Waals surface area contributed by atoms with E-state index in [-0.39, 0.29) is 36.1 Å². The lowest BCUT2D eigenvalue weighted by Crippen LogP contribution is -2.58. The Balaban J connectivity index is 1.67. The Morgan fingerprint density at radius 2 is 1.82 bits per heavy atom. The lowest BCUT2D eigenvalue weighted by atomic mass is 9.59. The summed E-state index contributed by atoms with van der Waals surface area (Å²) in [7, 11) is 3.96. The monoisotopic (exact) mass is 518 g/mol. The standard InChI is InChI=1S/C29H30N2O7/c1-13-4-5-14(8-16(13)12-31(2)3)18-6-7-20(32)23-19(18)10-15-9-17-11-21(33)24(28(30)37)27(36)29(17,38)26(35)22(15)25(23)34/h4-8,15,17,32,34,36,38H,9-12H2,1-3H3,(H2,30,37)/t15-,17+,29+/m1/s1. The minimum atomic E-state index is -2.57. The molecule has 0 radical (unpaired) electrons. The quantitative estimate of drug-likeness (QED) is 0.386. The summed E-state index contributed by atoms with van der Waals surface area (Å²) in [5, 5.41) is 44.2. The average molecular weight is 519 g/mol. The molecular formula is C29H30N2O7. The molecule has 0 aromatic heterocycles. The highest BCUT2D eigenvalue weighted by Crippen LogP contribution is 2.53. The minimum Gasteiger partial charge on any atom is -0.508 e. The second-order valence-corrected chi connectivity index (χ2v) is 10.8. The fourth-order valence-electron chi connectivity index (χ4n) is 6.24. The van der Waals surface area contributed by atoms with E-state index < -0.39 is 52.0 Å². The van der Waals surface area contributed by atoms with Crippen molar-refractivity contribution in [2.75, 3.05) is 14.1 Å². The number of fused-ring (bicyclic) bond motifs is 3. The number of aliphatic hydroxyl groups excluding tert-OH is 2. The number of benzene rings is 2. The smallest absolute Gasteiger partial charge is 0.255 e. The number of hydrogen-bond acceptors (Lipinski definition) is 8. The van der Waals surface area contributed by atoms with Crippen LogP contribution in [0.5, 0.6) is 5.75 Å². The molecule has 1 amide bonds. The maximum atomic E-state index is 13.7. The van der Waals surface area contributed by atoms with Gasteiger partial charge in [-0.1, -0.05) is 18.2 Å². The number of amides is 1. The molecule has 3 aliphatic carbocycles. The SMILES string of the molecule is Cc1ccc(-c2ccc(O)c3c2C[C@H]2C[C@H]4CC(=O)C(C(N)=O)=C(O)[C@@]4(O)C(=O)C2=C3O)cc1CN(C)C. The highest BCUT2D eigenvalue weighted by molar-refractivity contribution is 6.22. The number of primary amides is 1. The van der Waals surface area contributed by atoms with E-state index in [0.29, 0.717) is 5.56 Å². The molecular weight excluding hydrogens is 488 g/mol. The summed E-state index contributed by atoms with van der Waals surface area (Å²) in [6.45, 7) is 2.76. The Morgan fingerprint density at radius 1 is 1.11 bits per heavy atom. The number of hydrogen-bond donors (Lipinski definition) is 5. The molecule has 2 aromatic carbocycles. The molecule has 0 unspecified atom stereocenters. The molecule has 9 heteroatoms. The number of phenolic OH excluding ortho intramolecular Hbond substituents is 1. The van der Waals surface area contributed by atoms with Gasteiger partial charge in [-0.2, -0.15) is 0 Å². The summed E-state index contributed by atoms with van der Waals surface area (Å²) in [6.07, 6.45) is 0.00747. The molecule has 198 valence electrons. The van der Waals surface area contributed by atoms with E-state index in [2.05, 4.69) is 11.0 Å².